The number of hydrogen-bond acceptors (Lipinski definition) is 2. The number of aromatic nitrogens is 1. The first-order valence-corrected chi connectivity index (χ1v) is 9.12. The van der Waals surface area contributed by atoms with Gasteiger partial charge in [-0.2, -0.15) is 0 Å². The molecule has 1 aliphatic rings. The Morgan fingerprint density at radius 2 is 1.89 bits per heavy atom. The molecule has 27 heavy (non-hydrogen) atoms. The van der Waals surface area contributed by atoms with Crippen molar-refractivity contribution in [1.29, 1.82) is 0 Å². The average molecular weight is 368 g/mol. The molecular weight excluding hydrogens is 346 g/mol. The number of methoxy groups -OCH3 is 1. The van der Waals surface area contributed by atoms with Gasteiger partial charge in [0.1, 0.15) is 5.75 Å². The number of aryl methyl sites for hydroxylation is 1. The normalized spacial score (nSPS) is 17.4. The van der Waals surface area contributed by atoms with Crippen LogP contribution in [0.25, 0.3) is 0 Å². The summed E-state index contributed by atoms with van der Waals surface area (Å²) in [5, 5.41) is 0. The van der Waals surface area contributed by atoms with E-state index in [9.17, 15) is 8.78 Å². The molecule has 1 atom stereocenters. The molecule has 0 N–H and O–H groups in total. The summed E-state index contributed by atoms with van der Waals surface area (Å²) in [4.78, 5) is 2.32. The van der Waals surface area contributed by atoms with Crippen molar-refractivity contribution in [3.8, 4) is 5.75 Å². The SMILES string of the molecule is COc1cccc([C@@H]2c3cccn3CCCN2Cc2ccc(F)c(F)c2)c1. The van der Waals surface area contributed by atoms with Crippen LogP contribution in [0.5, 0.6) is 5.75 Å². The molecule has 0 unspecified atom stereocenters. The Morgan fingerprint density at radius 1 is 1.00 bits per heavy atom. The Kier molecular flexibility index (Phi) is 4.94. The van der Waals surface area contributed by atoms with Gasteiger partial charge in [-0.1, -0.05) is 18.2 Å². The van der Waals surface area contributed by atoms with Gasteiger partial charge in [0, 0.05) is 31.5 Å². The van der Waals surface area contributed by atoms with E-state index in [4.69, 9.17) is 4.74 Å². The predicted octanol–water partition coefficient (Wildman–Crippen LogP) is 4.77. The second-order valence-electron chi connectivity index (χ2n) is 6.88. The van der Waals surface area contributed by atoms with Crippen LogP contribution < -0.4 is 4.74 Å². The summed E-state index contributed by atoms with van der Waals surface area (Å²) >= 11 is 0. The Labute approximate surface area is 157 Å². The minimum atomic E-state index is -0.812. The summed E-state index contributed by atoms with van der Waals surface area (Å²) in [6.45, 7) is 2.35. The van der Waals surface area contributed by atoms with Gasteiger partial charge in [-0.25, -0.2) is 8.78 Å². The van der Waals surface area contributed by atoms with Gasteiger partial charge in [0.05, 0.1) is 13.2 Å². The molecule has 0 fully saturated rings. The highest BCUT2D eigenvalue weighted by Gasteiger charge is 2.27. The topological polar surface area (TPSA) is 17.4 Å². The zero-order chi connectivity index (χ0) is 18.8. The van der Waals surface area contributed by atoms with E-state index in [0.29, 0.717) is 6.54 Å². The molecule has 0 saturated carbocycles. The number of hydrogen-bond donors (Lipinski definition) is 0. The molecule has 0 aliphatic carbocycles. The Bertz CT molecular complexity index is 938. The van der Waals surface area contributed by atoms with Crippen molar-refractivity contribution in [2.45, 2.75) is 25.6 Å². The standard InChI is InChI=1S/C22H22F2N2O/c1-27-18-6-2-5-17(14-18)22-21-7-3-10-25(21)11-4-12-26(22)15-16-8-9-19(23)20(24)13-16/h2-3,5-10,13-14,22H,4,11-12,15H2,1H3/t22-/m1/s1. The second-order valence-corrected chi connectivity index (χ2v) is 6.88. The highest BCUT2D eigenvalue weighted by molar-refractivity contribution is 5.36. The van der Waals surface area contributed by atoms with Crippen LogP contribution in [0.1, 0.15) is 29.3 Å². The summed E-state index contributed by atoms with van der Waals surface area (Å²) in [6.07, 6.45) is 3.09. The molecule has 2 aromatic carbocycles. The minimum absolute atomic E-state index is 0.0192. The molecule has 4 rings (SSSR count). The highest BCUT2D eigenvalue weighted by atomic mass is 19.2. The molecule has 1 aliphatic heterocycles. The molecule has 1 aromatic heterocycles. The molecule has 3 aromatic rings. The van der Waals surface area contributed by atoms with E-state index in [1.165, 1.54) is 17.8 Å². The third kappa shape index (κ3) is 3.60. The van der Waals surface area contributed by atoms with Crippen LogP contribution in [0.15, 0.2) is 60.8 Å². The maximum absolute atomic E-state index is 13.7. The molecule has 3 nitrogen and oxygen atoms in total. The fraction of sp³-hybridized carbons (Fsp3) is 0.273. The lowest BCUT2D eigenvalue weighted by molar-refractivity contribution is 0.219. The van der Waals surface area contributed by atoms with Crippen molar-refractivity contribution in [1.82, 2.24) is 9.47 Å². The molecule has 0 spiro atoms. The van der Waals surface area contributed by atoms with Gasteiger partial charge in [0.15, 0.2) is 11.6 Å². The Hall–Kier alpha value is -2.66. The number of benzene rings is 2. The van der Waals surface area contributed by atoms with Crippen LogP contribution in [0.4, 0.5) is 8.78 Å². The van der Waals surface area contributed by atoms with E-state index in [0.717, 1.165) is 36.4 Å². The van der Waals surface area contributed by atoms with Crippen molar-refractivity contribution >= 4 is 0 Å². The van der Waals surface area contributed by atoms with E-state index >= 15 is 0 Å². The molecular formula is C22H22F2N2O. The van der Waals surface area contributed by atoms with Gasteiger partial charge in [0.2, 0.25) is 0 Å². The summed E-state index contributed by atoms with van der Waals surface area (Å²) < 4.78 is 34.7. The maximum atomic E-state index is 13.7. The van der Waals surface area contributed by atoms with Crippen LogP contribution in [0.2, 0.25) is 0 Å². The van der Waals surface area contributed by atoms with Gasteiger partial charge >= 0.3 is 0 Å². The number of fused-ring (bicyclic) bond motifs is 1. The Balaban J connectivity index is 1.74. The van der Waals surface area contributed by atoms with Crippen molar-refractivity contribution in [2.24, 2.45) is 0 Å². The van der Waals surface area contributed by atoms with Crippen LogP contribution in [0, 0.1) is 11.6 Å². The van der Waals surface area contributed by atoms with E-state index in [-0.39, 0.29) is 6.04 Å². The fourth-order valence-corrected chi connectivity index (χ4v) is 3.88. The third-order valence-corrected chi connectivity index (χ3v) is 5.13. The molecule has 0 saturated heterocycles. The number of halogens is 2. The molecule has 0 radical (unpaired) electrons. The quantitative estimate of drug-likeness (QED) is 0.660. The number of rotatable bonds is 4. The number of nitrogens with zero attached hydrogens (tertiary/aromatic N) is 2. The monoisotopic (exact) mass is 368 g/mol. The molecule has 2 heterocycles. The summed E-state index contributed by atoms with van der Waals surface area (Å²) in [7, 11) is 1.66. The smallest absolute Gasteiger partial charge is 0.159 e. The van der Waals surface area contributed by atoms with Gasteiger partial charge in [0.25, 0.3) is 0 Å². The van der Waals surface area contributed by atoms with E-state index in [2.05, 4.69) is 33.9 Å². The molecule has 5 heteroatoms. The van der Waals surface area contributed by atoms with Gasteiger partial charge < -0.3 is 9.30 Å². The third-order valence-electron chi connectivity index (χ3n) is 5.13. The lowest BCUT2D eigenvalue weighted by Crippen LogP contribution is -2.29. The first kappa shape index (κ1) is 17.7. The molecule has 140 valence electrons. The molecule has 0 amide bonds. The first-order valence-electron chi connectivity index (χ1n) is 9.12. The van der Waals surface area contributed by atoms with Gasteiger partial charge in [-0.3, -0.25) is 4.90 Å². The summed E-state index contributed by atoms with van der Waals surface area (Å²) in [5.41, 5.74) is 3.09. The van der Waals surface area contributed by atoms with E-state index in [1.807, 2.05) is 18.2 Å². The maximum Gasteiger partial charge on any atom is 0.159 e. The summed E-state index contributed by atoms with van der Waals surface area (Å²) in [6, 6.07) is 16.4. The predicted molar refractivity (Wildman–Crippen MR) is 101 cm³/mol. The zero-order valence-electron chi connectivity index (χ0n) is 15.2. The van der Waals surface area contributed by atoms with E-state index in [1.54, 1.807) is 13.2 Å². The Morgan fingerprint density at radius 3 is 2.70 bits per heavy atom. The highest BCUT2D eigenvalue weighted by Crippen LogP contribution is 2.34. The van der Waals surface area contributed by atoms with Gasteiger partial charge in [-0.05, 0) is 53.9 Å². The van der Waals surface area contributed by atoms with Crippen LogP contribution in [0.3, 0.4) is 0 Å². The first-order chi connectivity index (χ1) is 13.2. The largest absolute Gasteiger partial charge is 0.497 e. The minimum Gasteiger partial charge on any atom is -0.497 e. The van der Waals surface area contributed by atoms with Crippen LogP contribution in [-0.2, 0) is 13.1 Å². The van der Waals surface area contributed by atoms with E-state index < -0.39 is 11.6 Å². The number of ether oxygens (including phenoxy) is 1. The molecule has 0 bridgehead atoms. The van der Waals surface area contributed by atoms with Crippen LogP contribution in [-0.4, -0.2) is 23.1 Å². The summed E-state index contributed by atoms with van der Waals surface area (Å²) in [5.74, 6) is -0.806. The lowest BCUT2D eigenvalue weighted by atomic mass is 10.0. The lowest BCUT2D eigenvalue weighted by Gasteiger charge is -2.31. The van der Waals surface area contributed by atoms with Crippen LogP contribution >= 0.6 is 0 Å². The zero-order valence-corrected chi connectivity index (χ0v) is 15.2. The van der Waals surface area contributed by atoms with Crippen molar-refractivity contribution in [3.05, 3.63) is 89.2 Å². The van der Waals surface area contributed by atoms with Crippen molar-refractivity contribution in [2.75, 3.05) is 13.7 Å². The average Bonchev–Trinajstić information content (AvgIpc) is 3.06. The second kappa shape index (κ2) is 7.53. The fourth-order valence-electron chi connectivity index (χ4n) is 3.88. The van der Waals surface area contributed by atoms with Crippen molar-refractivity contribution in [3.63, 3.8) is 0 Å². The van der Waals surface area contributed by atoms with Gasteiger partial charge in [-0.15, -0.1) is 0 Å². The van der Waals surface area contributed by atoms with Crippen molar-refractivity contribution < 1.29 is 13.5 Å².